The van der Waals surface area contributed by atoms with Crippen LogP contribution >= 0.6 is 11.8 Å². The average molecular weight is 700 g/mol. The molecule has 5 aromatic carbocycles. The molecule has 0 radical (unpaired) electrons. The Bertz CT molecular complexity index is 2010. The molecule has 0 saturated heterocycles. The van der Waals surface area contributed by atoms with Crippen LogP contribution in [0.4, 0.5) is 17.1 Å². The zero-order valence-corrected chi connectivity index (χ0v) is 29.3. The number of methoxy groups -OCH3 is 3. The summed E-state index contributed by atoms with van der Waals surface area (Å²) >= 11 is 1.42. The summed E-state index contributed by atoms with van der Waals surface area (Å²) in [6, 6.07) is 35.3. The minimum absolute atomic E-state index is 0.000173. The van der Waals surface area contributed by atoms with Crippen molar-refractivity contribution in [3.63, 3.8) is 0 Å². The summed E-state index contributed by atoms with van der Waals surface area (Å²) in [5.41, 5.74) is 5.56. The number of aryl methyl sites for hydroxylation is 2. The Hall–Kier alpha value is -6.00. The van der Waals surface area contributed by atoms with Crippen LogP contribution in [0, 0.1) is 0 Å². The molecule has 3 amide bonds. The molecule has 0 fully saturated rings. The van der Waals surface area contributed by atoms with Crippen LogP contribution in [0.3, 0.4) is 0 Å². The Balaban J connectivity index is 1.19. The zero-order valence-electron chi connectivity index (χ0n) is 28.5. The number of thioether (sulfide) groups is 1. The standard InChI is InChI=1S/C41H37N3O6S/c1-48-36-24-27(25-37(49-2)39(36)50-3)23-33(43-40(46)30-13-5-4-6-14-30)41(47)42-31-19-21-32(22-20-31)51-26-38(45)44-34-15-9-7-11-28(34)17-18-29-12-8-10-16-35(29)44/h4-16,19-25H,17-18,26H2,1-3H3,(H,42,47)(H,43,46)/b33-23-. The highest BCUT2D eigenvalue weighted by Crippen LogP contribution is 2.39. The van der Waals surface area contributed by atoms with Crippen LogP contribution < -0.4 is 29.7 Å². The first-order chi connectivity index (χ1) is 24.9. The van der Waals surface area contributed by atoms with Crippen molar-refractivity contribution in [3.05, 3.63) is 143 Å². The van der Waals surface area contributed by atoms with Crippen molar-refractivity contribution in [2.75, 3.05) is 37.3 Å². The Kier molecular flexibility index (Phi) is 11.0. The number of hydrogen-bond acceptors (Lipinski definition) is 7. The van der Waals surface area contributed by atoms with Crippen molar-refractivity contribution < 1.29 is 28.6 Å². The van der Waals surface area contributed by atoms with Crippen LogP contribution in [-0.4, -0.2) is 44.8 Å². The maximum atomic E-state index is 13.8. The van der Waals surface area contributed by atoms with Crippen LogP contribution in [0.5, 0.6) is 17.2 Å². The van der Waals surface area contributed by atoms with Crippen molar-refractivity contribution in [2.24, 2.45) is 0 Å². The second kappa shape index (κ2) is 16.1. The van der Waals surface area contributed by atoms with Gasteiger partial charge in [-0.3, -0.25) is 19.3 Å². The molecule has 1 aliphatic rings. The largest absolute Gasteiger partial charge is 0.493 e. The summed E-state index contributed by atoms with van der Waals surface area (Å²) in [5.74, 6) is 0.410. The van der Waals surface area contributed by atoms with E-state index in [9.17, 15) is 14.4 Å². The van der Waals surface area contributed by atoms with Crippen molar-refractivity contribution in [1.29, 1.82) is 0 Å². The first-order valence-electron chi connectivity index (χ1n) is 16.3. The van der Waals surface area contributed by atoms with Gasteiger partial charge in [-0.1, -0.05) is 54.6 Å². The van der Waals surface area contributed by atoms with Gasteiger partial charge in [-0.15, -0.1) is 11.8 Å². The Morgan fingerprint density at radius 1 is 0.725 bits per heavy atom. The summed E-state index contributed by atoms with van der Waals surface area (Å²) in [7, 11) is 4.51. The molecule has 51 heavy (non-hydrogen) atoms. The summed E-state index contributed by atoms with van der Waals surface area (Å²) in [6.45, 7) is 0. The quantitative estimate of drug-likeness (QED) is 0.108. The topological polar surface area (TPSA) is 106 Å². The van der Waals surface area contributed by atoms with Crippen LogP contribution in [0.1, 0.15) is 27.0 Å². The predicted octanol–water partition coefficient (Wildman–Crippen LogP) is 7.68. The Morgan fingerprint density at radius 2 is 1.29 bits per heavy atom. The Morgan fingerprint density at radius 3 is 1.86 bits per heavy atom. The molecule has 0 aromatic heterocycles. The fourth-order valence-corrected chi connectivity index (χ4v) is 6.63. The van der Waals surface area contributed by atoms with E-state index in [0.29, 0.717) is 34.1 Å². The fourth-order valence-electron chi connectivity index (χ4n) is 5.88. The van der Waals surface area contributed by atoms with E-state index in [1.54, 1.807) is 54.6 Å². The first-order valence-corrected chi connectivity index (χ1v) is 17.3. The van der Waals surface area contributed by atoms with Crippen molar-refractivity contribution >= 4 is 52.6 Å². The molecular weight excluding hydrogens is 663 g/mol. The second-order valence-corrected chi connectivity index (χ2v) is 12.6. The highest BCUT2D eigenvalue weighted by molar-refractivity contribution is 8.00. The molecule has 0 bridgehead atoms. The van der Waals surface area contributed by atoms with Crippen LogP contribution in [0.25, 0.3) is 6.08 Å². The van der Waals surface area contributed by atoms with Gasteiger partial charge >= 0.3 is 0 Å². The number of carbonyl (C=O) groups is 3. The van der Waals surface area contributed by atoms with Gasteiger partial charge in [-0.05, 0) is 96.3 Å². The average Bonchev–Trinajstić information content (AvgIpc) is 3.34. The number of benzene rings is 5. The Labute approximate surface area is 301 Å². The monoisotopic (exact) mass is 699 g/mol. The minimum Gasteiger partial charge on any atom is -0.493 e. The van der Waals surface area contributed by atoms with Gasteiger partial charge in [-0.25, -0.2) is 0 Å². The molecule has 0 aliphatic carbocycles. The van der Waals surface area contributed by atoms with Gasteiger partial charge in [0, 0.05) is 16.1 Å². The van der Waals surface area contributed by atoms with Gasteiger partial charge in [0.25, 0.3) is 11.8 Å². The van der Waals surface area contributed by atoms with Crippen LogP contribution in [0.15, 0.2) is 126 Å². The molecule has 258 valence electrons. The highest BCUT2D eigenvalue weighted by atomic mass is 32.2. The lowest BCUT2D eigenvalue weighted by atomic mass is 10.0. The maximum Gasteiger partial charge on any atom is 0.272 e. The molecule has 0 unspecified atom stereocenters. The normalized spacial score (nSPS) is 12.1. The van der Waals surface area contributed by atoms with E-state index >= 15 is 0 Å². The third kappa shape index (κ3) is 8.08. The number of nitrogens with one attached hydrogen (secondary N) is 2. The number of hydrogen-bond donors (Lipinski definition) is 2. The van der Waals surface area contributed by atoms with Crippen molar-refractivity contribution in [1.82, 2.24) is 5.32 Å². The molecule has 0 spiro atoms. The molecule has 10 heteroatoms. The van der Waals surface area contributed by atoms with E-state index in [2.05, 4.69) is 22.8 Å². The number of anilines is 3. The lowest BCUT2D eigenvalue weighted by Gasteiger charge is -2.25. The van der Waals surface area contributed by atoms with E-state index in [-0.39, 0.29) is 17.4 Å². The van der Waals surface area contributed by atoms with Gasteiger partial charge < -0.3 is 24.8 Å². The van der Waals surface area contributed by atoms with Crippen LogP contribution in [0.2, 0.25) is 0 Å². The van der Waals surface area contributed by atoms with Gasteiger partial charge in [0.05, 0.1) is 38.5 Å². The molecule has 1 aliphatic heterocycles. The summed E-state index contributed by atoms with van der Waals surface area (Å²) in [5, 5.41) is 5.63. The summed E-state index contributed by atoms with van der Waals surface area (Å²) in [6.07, 6.45) is 3.27. The third-order valence-electron chi connectivity index (χ3n) is 8.38. The highest BCUT2D eigenvalue weighted by Gasteiger charge is 2.25. The van der Waals surface area contributed by atoms with Crippen LogP contribution in [-0.2, 0) is 22.4 Å². The smallest absolute Gasteiger partial charge is 0.272 e. The molecule has 1 heterocycles. The molecule has 0 saturated carbocycles. The number of para-hydroxylation sites is 2. The number of ether oxygens (including phenoxy) is 3. The number of rotatable bonds is 11. The number of amides is 3. The molecule has 0 atom stereocenters. The molecule has 9 nitrogen and oxygen atoms in total. The van der Waals surface area contributed by atoms with Gasteiger partial charge in [0.1, 0.15) is 5.70 Å². The summed E-state index contributed by atoms with van der Waals surface area (Å²) in [4.78, 5) is 43.3. The molecule has 2 N–H and O–H groups in total. The first kappa shape index (κ1) is 34.8. The van der Waals surface area contributed by atoms with Crippen molar-refractivity contribution in [2.45, 2.75) is 17.7 Å². The van der Waals surface area contributed by atoms with Gasteiger partial charge in [-0.2, -0.15) is 0 Å². The molecule has 5 aromatic rings. The number of nitrogens with zero attached hydrogens (tertiary/aromatic N) is 1. The number of carbonyl (C=O) groups excluding carboxylic acids is 3. The predicted molar refractivity (Wildman–Crippen MR) is 201 cm³/mol. The van der Waals surface area contributed by atoms with E-state index in [1.165, 1.54) is 39.2 Å². The third-order valence-corrected chi connectivity index (χ3v) is 9.38. The minimum atomic E-state index is -0.540. The number of fused-ring (bicyclic) bond motifs is 2. The lowest BCUT2D eigenvalue weighted by molar-refractivity contribution is -0.115. The SMILES string of the molecule is COc1cc(/C=C(\NC(=O)c2ccccc2)C(=O)Nc2ccc(SCC(=O)N3c4ccccc4CCc4ccccc43)cc2)cc(OC)c1OC. The van der Waals surface area contributed by atoms with E-state index in [0.717, 1.165) is 40.2 Å². The second-order valence-electron chi connectivity index (χ2n) is 11.6. The van der Waals surface area contributed by atoms with Gasteiger partial charge in [0.15, 0.2) is 11.5 Å². The van der Waals surface area contributed by atoms with E-state index in [1.807, 2.05) is 53.4 Å². The van der Waals surface area contributed by atoms with Crippen molar-refractivity contribution in [3.8, 4) is 17.2 Å². The molecular formula is C41H37N3O6S. The molecule has 6 rings (SSSR count). The van der Waals surface area contributed by atoms with E-state index < -0.39 is 11.8 Å². The van der Waals surface area contributed by atoms with E-state index in [4.69, 9.17) is 14.2 Å². The maximum absolute atomic E-state index is 13.8. The van der Waals surface area contributed by atoms with Gasteiger partial charge in [0.2, 0.25) is 11.7 Å². The fraction of sp³-hybridized carbons (Fsp3) is 0.146. The zero-order chi connectivity index (χ0) is 35.7. The lowest BCUT2D eigenvalue weighted by Crippen LogP contribution is -2.30. The summed E-state index contributed by atoms with van der Waals surface area (Å²) < 4.78 is 16.4.